The van der Waals surface area contributed by atoms with Crippen LogP contribution in [0.2, 0.25) is 0 Å². The molecule has 1 aromatic heterocycles. The van der Waals surface area contributed by atoms with Gasteiger partial charge in [-0.25, -0.2) is 14.7 Å². The van der Waals surface area contributed by atoms with Crippen molar-refractivity contribution in [3.05, 3.63) is 11.4 Å². The van der Waals surface area contributed by atoms with E-state index in [4.69, 9.17) is 11.5 Å². The number of nitrogens with zero attached hydrogens (tertiary/aromatic N) is 5. The first kappa shape index (κ1) is 31.6. The zero-order valence-electron chi connectivity index (χ0n) is 23.7. The molecule has 4 rings (SSSR count). The largest absolute Gasteiger partial charge is 0.382 e. The minimum atomic E-state index is -3.46. The van der Waals surface area contributed by atoms with E-state index in [-0.39, 0.29) is 40.6 Å². The number of carbonyl (C=O) groups is 2. The number of aromatic nitrogens is 2. The molecule has 1 saturated carbocycles. The number of carbonyl (C=O) groups excluding carboxylic acids is 2. The molecule has 41 heavy (non-hydrogen) atoms. The third-order valence-electron chi connectivity index (χ3n) is 8.37. The fourth-order valence-corrected chi connectivity index (χ4v) is 7.64. The van der Waals surface area contributed by atoms with Crippen molar-refractivity contribution >= 4 is 62.2 Å². The number of anilines is 2. The number of hydrogen-bond acceptors (Lipinski definition) is 8. The standard InChI is InChI=1S/C25H41IN10O4S/c1-3-36(4-2)41(39,40)30-14-16-5-7-17(8-6-16)23(38)35-11-9-25(10-12-35)15-29-24(34-25)33-22(37)19-21(28)32-20(27)18(13-26)31-19/h16-17,30H,3-15H2,1-2H3,(H4,27,28,32)(H2,29,33,34,37)/t16-,17-. The number of nitrogens with two attached hydrogens (primary N) is 2. The summed E-state index contributed by atoms with van der Waals surface area (Å²) in [5, 5.41) is 6.53. The zero-order chi connectivity index (χ0) is 29.8. The number of likely N-dealkylation sites (tertiary alicyclic amines) is 1. The van der Waals surface area contributed by atoms with Gasteiger partial charge in [0.1, 0.15) is 5.82 Å². The smallest absolute Gasteiger partial charge is 0.302 e. The zero-order valence-corrected chi connectivity index (χ0v) is 26.6. The number of amides is 2. The summed E-state index contributed by atoms with van der Waals surface area (Å²) in [6.45, 7) is 6.77. The summed E-state index contributed by atoms with van der Waals surface area (Å²) < 4.78 is 29.5. The molecule has 0 aromatic carbocycles. The monoisotopic (exact) mass is 704 g/mol. The molecule has 1 spiro atoms. The third-order valence-corrected chi connectivity index (χ3v) is 10.8. The van der Waals surface area contributed by atoms with E-state index < -0.39 is 16.1 Å². The van der Waals surface area contributed by atoms with Crippen LogP contribution in [0.5, 0.6) is 0 Å². The Morgan fingerprint density at radius 2 is 1.78 bits per heavy atom. The lowest BCUT2D eigenvalue weighted by Gasteiger charge is -2.40. The van der Waals surface area contributed by atoms with Crippen molar-refractivity contribution in [2.24, 2.45) is 16.8 Å². The van der Waals surface area contributed by atoms with Crippen molar-refractivity contribution in [2.45, 2.75) is 62.3 Å². The lowest BCUT2D eigenvalue weighted by atomic mass is 9.80. The molecule has 16 heteroatoms. The van der Waals surface area contributed by atoms with Gasteiger partial charge in [0, 0.05) is 49.6 Å². The first-order valence-corrected chi connectivity index (χ1v) is 17.1. The molecule has 1 aliphatic carbocycles. The van der Waals surface area contributed by atoms with E-state index in [1.165, 1.54) is 4.31 Å². The highest BCUT2D eigenvalue weighted by atomic mass is 127. The van der Waals surface area contributed by atoms with Crippen LogP contribution in [0.1, 0.15) is 68.6 Å². The van der Waals surface area contributed by atoms with Gasteiger partial charge in [-0.15, -0.1) is 0 Å². The van der Waals surface area contributed by atoms with Crippen molar-refractivity contribution in [1.29, 1.82) is 0 Å². The number of halogens is 1. The van der Waals surface area contributed by atoms with Gasteiger partial charge in [-0.3, -0.25) is 9.59 Å². The van der Waals surface area contributed by atoms with Gasteiger partial charge in [-0.1, -0.05) is 36.4 Å². The molecule has 228 valence electrons. The fourth-order valence-electron chi connectivity index (χ4n) is 5.77. The lowest BCUT2D eigenvalue weighted by Crippen LogP contribution is -2.54. The summed E-state index contributed by atoms with van der Waals surface area (Å²) >= 11 is 2.09. The Morgan fingerprint density at radius 1 is 1.12 bits per heavy atom. The van der Waals surface area contributed by atoms with Crippen LogP contribution in [0.25, 0.3) is 0 Å². The van der Waals surface area contributed by atoms with Crippen LogP contribution in [-0.4, -0.2) is 90.2 Å². The van der Waals surface area contributed by atoms with Gasteiger partial charge in [-0.05, 0) is 44.4 Å². The van der Waals surface area contributed by atoms with Crippen LogP contribution < -0.4 is 26.8 Å². The topological polar surface area (TPSA) is 201 Å². The van der Waals surface area contributed by atoms with E-state index in [0.29, 0.717) is 55.3 Å². The second-order valence-corrected chi connectivity index (χ2v) is 13.4. The van der Waals surface area contributed by atoms with Crippen molar-refractivity contribution in [3.8, 4) is 0 Å². The molecule has 0 radical (unpaired) electrons. The lowest BCUT2D eigenvalue weighted by molar-refractivity contribution is -0.138. The molecule has 3 heterocycles. The summed E-state index contributed by atoms with van der Waals surface area (Å²) in [6.07, 6.45) is 4.65. The number of aliphatic imine (C=N–C) groups is 1. The van der Waals surface area contributed by atoms with Gasteiger partial charge < -0.3 is 27.0 Å². The van der Waals surface area contributed by atoms with Gasteiger partial charge in [0.2, 0.25) is 5.91 Å². The Balaban J connectivity index is 1.25. The number of alkyl halides is 1. The molecule has 1 aromatic rings. The van der Waals surface area contributed by atoms with Gasteiger partial charge in [0.25, 0.3) is 10.2 Å². The summed E-state index contributed by atoms with van der Waals surface area (Å²) in [4.78, 5) is 40.4. The molecule has 0 unspecified atom stereocenters. The maximum Gasteiger partial charge on any atom is 0.302 e. The van der Waals surface area contributed by atoms with Crippen LogP contribution in [0, 0.1) is 11.8 Å². The van der Waals surface area contributed by atoms with Crippen LogP contribution in [0.4, 0.5) is 11.6 Å². The Hall–Kier alpha value is -2.31. The van der Waals surface area contributed by atoms with Gasteiger partial charge >= 0.3 is 5.91 Å². The number of nitrogen functional groups attached to an aromatic ring is 2. The van der Waals surface area contributed by atoms with Crippen molar-refractivity contribution < 1.29 is 18.0 Å². The molecule has 2 saturated heterocycles. The minimum Gasteiger partial charge on any atom is -0.382 e. The highest BCUT2D eigenvalue weighted by Crippen LogP contribution is 2.32. The molecule has 0 atom stereocenters. The molecule has 2 aliphatic heterocycles. The van der Waals surface area contributed by atoms with E-state index in [1.807, 2.05) is 18.7 Å². The summed E-state index contributed by atoms with van der Waals surface area (Å²) in [5.41, 5.74) is 11.8. The van der Waals surface area contributed by atoms with Gasteiger partial charge in [-0.2, -0.15) is 17.7 Å². The summed E-state index contributed by atoms with van der Waals surface area (Å²) in [7, 11) is -3.46. The Labute approximate surface area is 255 Å². The second kappa shape index (κ2) is 13.3. The summed E-state index contributed by atoms with van der Waals surface area (Å²) in [6, 6.07) is 0. The maximum atomic E-state index is 13.3. The van der Waals surface area contributed by atoms with Crippen LogP contribution in [-0.2, 0) is 19.4 Å². The molecule has 3 aliphatic rings. The SMILES string of the molecule is CCN(CC)S(=O)(=O)NC[C@H]1CC[C@H](C(=O)N2CCC3(CC2)CN/C(=N\C(=O)c2nc(CI)c(N)nc2N)N3)CC1. The predicted molar refractivity (Wildman–Crippen MR) is 165 cm³/mol. The average Bonchev–Trinajstić information content (AvgIpc) is 3.34. The molecular weight excluding hydrogens is 663 g/mol. The predicted octanol–water partition coefficient (Wildman–Crippen LogP) is 0.609. The summed E-state index contributed by atoms with van der Waals surface area (Å²) in [5.74, 6) is 0.301. The highest BCUT2D eigenvalue weighted by molar-refractivity contribution is 14.1. The van der Waals surface area contributed by atoms with E-state index in [0.717, 1.165) is 38.5 Å². The second-order valence-electron chi connectivity index (χ2n) is 10.9. The number of rotatable bonds is 9. The van der Waals surface area contributed by atoms with Crippen molar-refractivity contribution in [1.82, 2.24) is 34.5 Å². The molecule has 2 amide bonds. The van der Waals surface area contributed by atoms with Gasteiger partial charge in [0.05, 0.1) is 11.2 Å². The average molecular weight is 705 g/mol. The number of hydrogen-bond donors (Lipinski definition) is 5. The van der Waals surface area contributed by atoms with Crippen LogP contribution in [0.15, 0.2) is 4.99 Å². The van der Waals surface area contributed by atoms with E-state index in [9.17, 15) is 18.0 Å². The first-order valence-electron chi connectivity index (χ1n) is 14.2. The van der Waals surface area contributed by atoms with E-state index >= 15 is 0 Å². The highest BCUT2D eigenvalue weighted by Gasteiger charge is 2.42. The van der Waals surface area contributed by atoms with Crippen LogP contribution >= 0.6 is 22.6 Å². The number of nitrogens with one attached hydrogen (secondary N) is 3. The number of piperidine rings is 1. The normalized spacial score (nSPS) is 23.5. The Morgan fingerprint density at radius 3 is 2.39 bits per heavy atom. The fraction of sp³-hybridized carbons (Fsp3) is 0.720. The quantitative estimate of drug-likeness (QED) is 0.179. The minimum absolute atomic E-state index is 0.0250. The van der Waals surface area contributed by atoms with E-state index in [1.54, 1.807) is 0 Å². The molecule has 3 fully saturated rings. The number of guanidine groups is 1. The van der Waals surface area contributed by atoms with Crippen LogP contribution in [0.3, 0.4) is 0 Å². The van der Waals surface area contributed by atoms with E-state index in [2.05, 4.69) is 52.9 Å². The Kier molecular flexibility index (Phi) is 10.3. The molecule has 7 N–H and O–H groups in total. The first-order chi connectivity index (χ1) is 19.5. The third kappa shape index (κ3) is 7.37. The maximum absolute atomic E-state index is 13.3. The van der Waals surface area contributed by atoms with Crippen molar-refractivity contribution in [2.75, 3.05) is 50.7 Å². The van der Waals surface area contributed by atoms with Gasteiger partial charge in [0.15, 0.2) is 17.5 Å². The van der Waals surface area contributed by atoms with Crippen molar-refractivity contribution in [3.63, 3.8) is 0 Å². The molecule has 14 nitrogen and oxygen atoms in total. The Bertz CT molecular complexity index is 1260. The molecular formula is C25H41IN10O4S. The molecule has 0 bridgehead atoms.